The van der Waals surface area contributed by atoms with Gasteiger partial charge in [-0.05, 0) is 56.3 Å². The summed E-state index contributed by atoms with van der Waals surface area (Å²) in [5, 5.41) is 9.05. The van der Waals surface area contributed by atoms with Gasteiger partial charge < -0.3 is 5.11 Å². The quantitative estimate of drug-likeness (QED) is 0.770. The molecular formula is C17H30O2. The summed E-state index contributed by atoms with van der Waals surface area (Å²) in [4.78, 5) is 11.0. The lowest BCUT2D eigenvalue weighted by molar-refractivity contribution is -0.143. The van der Waals surface area contributed by atoms with E-state index >= 15 is 0 Å². The summed E-state index contributed by atoms with van der Waals surface area (Å²) in [6.07, 6.45) is 14.1. The first-order chi connectivity index (χ1) is 9.20. The number of hydrogen-bond acceptors (Lipinski definition) is 1. The molecule has 0 bridgehead atoms. The van der Waals surface area contributed by atoms with Gasteiger partial charge in [0.15, 0.2) is 0 Å². The van der Waals surface area contributed by atoms with Crippen molar-refractivity contribution in [1.29, 1.82) is 0 Å². The second kappa shape index (κ2) is 7.31. The maximum absolute atomic E-state index is 11.0. The Kier molecular flexibility index (Phi) is 5.72. The Morgan fingerprint density at radius 2 is 1.47 bits per heavy atom. The van der Waals surface area contributed by atoms with Gasteiger partial charge in [0.05, 0.1) is 5.92 Å². The van der Waals surface area contributed by atoms with Gasteiger partial charge in [-0.25, -0.2) is 0 Å². The maximum Gasteiger partial charge on any atom is 0.306 e. The molecule has 0 aliphatic heterocycles. The molecule has 0 aromatic heterocycles. The van der Waals surface area contributed by atoms with Crippen molar-refractivity contribution in [2.75, 3.05) is 0 Å². The molecule has 0 spiro atoms. The first kappa shape index (κ1) is 14.9. The van der Waals surface area contributed by atoms with E-state index < -0.39 is 5.97 Å². The Morgan fingerprint density at radius 3 is 1.95 bits per heavy atom. The van der Waals surface area contributed by atoms with Crippen LogP contribution in [0.1, 0.15) is 77.6 Å². The minimum absolute atomic E-state index is 0.0443. The molecule has 0 heterocycles. The van der Waals surface area contributed by atoms with E-state index in [4.69, 9.17) is 5.11 Å². The van der Waals surface area contributed by atoms with Crippen molar-refractivity contribution in [3.05, 3.63) is 0 Å². The van der Waals surface area contributed by atoms with Crippen LogP contribution >= 0.6 is 0 Å². The third-order valence-electron chi connectivity index (χ3n) is 5.65. The SMILES string of the molecule is CCCCC1CCC(C2CCC(C(=O)O)CC2)CC1. The highest BCUT2D eigenvalue weighted by Crippen LogP contribution is 2.42. The molecular weight excluding hydrogens is 236 g/mol. The molecule has 2 saturated carbocycles. The van der Waals surface area contributed by atoms with E-state index in [1.165, 1.54) is 57.8 Å². The minimum atomic E-state index is -0.568. The summed E-state index contributed by atoms with van der Waals surface area (Å²) < 4.78 is 0. The molecule has 2 aliphatic rings. The number of rotatable bonds is 5. The van der Waals surface area contributed by atoms with Crippen LogP contribution in [-0.4, -0.2) is 11.1 Å². The van der Waals surface area contributed by atoms with E-state index in [1.807, 2.05) is 0 Å². The Morgan fingerprint density at radius 1 is 0.947 bits per heavy atom. The lowest BCUT2D eigenvalue weighted by atomic mass is 9.68. The summed E-state index contributed by atoms with van der Waals surface area (Å²) in [7, 11) is 0. The first-order valence-electron chi connectivity index (χ1n) is 8.43. The van der Waals surface area contributed by atoms with Gasteiger partial charge >= 0.3 is 5.97 Å². The molecule has 0 radical (unpaired) electrons. The number of carbonyl (C=O) groups is 1. The summed E-state index contributed by atoms with van der Waals surface area (Å²) in [5.74, 6) is 2.13. The van der Waals surface area contributed by atoms with Crippen LogP contribution in [0.15, 0.2) is 0 Å². The summed E-state index contributed by atoms with van der Waals surface area (Å²) in [6.45, 7) is 2.28. The van der Waals surface area contributed by atoms with Crippen LogP contribution in [0.2, 0.25) is 0 Å². The number of unbranched alkanes of at least 4 members (excludes halogenated alkanes) is 1. The molecule has 110 valence electrons. The molecule has 19 heavy (non-hydrogen) atoms. The Hall–Kier alpha value is -0.530. The van der Waals surface area contributed by atoms with Gasteiger partial charge in [-0.1, -0.05) is 39.0 Å². The predicted molar refractivity (Wildman–Crippen MR) is 78.1 cm³/mol. The summed E-state index contributed by atoms with van der Waals surface area (Å²) >= 11 is 0. The smallest absolute Gasteiger partial charge is 0.306 e. The van der Waals surface area contributed by atoms with E-state index in [2.05, 4.69) is 6.92 Å². The number of hydrogen-bond donors (Lipinski definition) is 1. The van der Waals surface area contributed by atoms with E-state index in [0.717, 1.165) is 30.6 Å². The molecule has 2 nitrogen and oxygen atoms in total. The van der Waals surface area contributed by atoms with Gasteiger partial charge in [0, 0.05) is 0 Å². The first-order valence-corrected chi connectivity index (χ1v) is 8.43. The van der Waals surface area contributed by atoms with Crippen molar-refractivity contribution < 1.29 is 9.90 Å². The third kappa shape index (κ3) is 4.22. The van der Waals surface area contributed by atoms with Gasteiger partial charge in [-0.3, -0.25) is 4.79 Å². The fourth-order valence-electron chi connectivity index (χ4n) is 4.28. The van der Waals surface area contributed by atoms with Crippen LogP contribution in [0.5, 0.6) is 0 Å². The highest BCUT2D eigenvalue weighted by Gasteiger charge is 2.32. The average Bonchev–Trinajstić information content (AvgIpc) is 2.46. The highest BCUT2D eigenvalue weighted by atomic mass is 16.4. The van der Waals surface area contributed by atoms with Gasteiger partial charge in [0.25, 0.3) is 0 Å². The molecule has 2 heteroatoms. The van der Waals surface area contributed by atoms with Crippen molar-refractivity contribution in [2.24, 2.45) is 23.7 Å². The zero-order valence-electron chi connectivity index (χ0n) is 12.4. The van der Waals surface area contributed by atoms with Gasteiger partial charge in [0.1, 0.15) is 0 Å². The molecule has 0 unspecified atom stereocenters. The lowest BCUT2D eigenvalue weighted by Gasteiger charge is -2.37. The molecule has 0 aromatic rings. The van der Waals surface area contributed by atoms with E-state index in [0.29, 0.717) is 0 Å². The van der Waals surface area contributed by atoms with Crippen molar-refractivity contribution in [3.63, 3.8) is 0 Å². The topological polar surface area (TPSA) is 37.3 Å². The number of carboxylic acids is 1. The summed E-state index contributed by atoms with van der Waals surface area (Å²) in [5.41, 5.74) is 0. The average molecular weight is 266 g/mol. The van der Waals surface area contributed by atoms with Crippen molar-refractivity contribution in [3.8, 4) is 0 Å². The lowest BCUT2D eigenvalue weighted by Crippen LogP contribution is -2.28. The van der Waals surface area contributed by atoms with Crippen LogP contribution in [0.3, 0.4) is 0 Å². The third-order valence-corrected chi connectivity index (χ3v) is 5.65. The molecule has 0 amide bonds. The van der Waals surface area contributed by atoms with Crippen LogP contribution < -0.4 is 0 Å². The fourth-order valence-corrected chi connectivity index (χ4v) is 4.28. The monoisotopic (exact) mass is 266 g/mol. The molecule has 0 atom stereocenters. The molecule has 2 rings (SSSR count). The van der Waals surface area contributed by atoms with Crippen LogP contribution in [0.25, 0.3) is 0 Å². The van der Waals surface area contributed by atoms with Gasteiger partial charge in [-0.15, -0.1) is 0 Å². The fraction of sp³-hybridized carbons (Fsp3) is 0.941. The Bertz CT molecular complexity index is 271. The van der Waals surface area contributed by atoms with E-state index in [1.54, 1.807) is 0 Å². The maximum atomic E-state index is 11.0. The molecule has 1 N–H and O–H groups in total. The number of carboxylic acid groups (broad SMARTS) is 1. The largest absolute Gasteiger partial charge is 0.481 e. The number of aliphatic carboxylic acids is 1. The molecule has 2 fully saturated rings. The van der Waals surface area contributed by atoms with Crippen molar-refractivity contribution in [1.82, 2.24) is 0 Å². The molecule has 0 saturated heterocycles. The standard InChI is InChI=1S/C17H30O2/c1-2-3-4-13-5-7-14(8-6-13)15-9-11-16(12-10-15)17(18)19/h13-16H,2-12H2,1H3,(H,18,19). The van der Waals surface area contributed by atoms with Crippen molar-refractivity contribution >= 4 is 5.97 Å². The van der Waals surface area contributed by atoms with Crippen molar-refractivity contribution in [2.45, 2.75) is 77.6 Å². The minimum Gasteiger partial charge on any atom is -0.481 e. The van der Waals surface area contributed by atoms with Gasteiger partial charge in [-0.2, -0.15) is 0 Å². The van der Waals surface area contributed by atoms with E-state index in [-0.39, 0.29) is 5.92 Å². The van der Waals surface area contributed by atoms with Crippen LogP contribution in [-0.2, 0) is 4.79 Å². The second-order valence-electron chi connectivity index (χ2n) is 6.87. The molecule has 2 aliphatic carbocycles. The normalized spacial score (nSPS) is 36.1. The summed E-state index contributed by atoms with van der Waals surface area (Å²) in [6, 6.07) is 0. The van der Waals surface area contributed by atoms with Crippen LogP contribution in [0.4, 0.5) is 0 Å². The zero-order chi connectivity index (χ0) is 13.7. The molecule has 0 aromatic carbocycles. The predicted octanol–water partition coefficient (Wildman–Crippen LogP) is 4.87. The second-order valence-corrected chi connectivity index (χ2v) is 6.87. The van der Waals surface area contributed by atoms with E-state index in [9.17, 15) is 4.79 Å². The van der Waals surface area contributed by atoms with Crippen LogP contribution in [0, 0.1) is 23.7 Å². The Balaban J connectivity index is 1.69. The Labute approximate surface area is 118 Å². The van der Waals surface area contributed by atoms with Gasteiger partial charge in [0.2, 0.25) is 0 Å². The zero-order valence-corrected chi connectivity index (χ0v) is 12.4. The highest BCUT2D eigenvalue weighted by molar-refractivity contribution is 5.69.